The summed E-state index contributed by atoms with van der Waals surface area (Å²) >= 11 is 0. The maximum Gasteiger partial charge on any atom is 0.255 e. The first-order valence-corrected chi connectivity index (χ1v) is 6.27. The van der Waals surface area contributed by atoms with E-state index in [0.717, 1.165) is 0 Å². The summed E-state index contributed by atoms with van der Waals surface area (Å²) in [7, 11) is 1.51. The molecule has 0 bridgehead atoms. The number of rotatable bonds is 4. The van der Waals surface area contributed by atoms with Crippen molar-refractivity contribution in [1.29, 1.82) is 0 Å². The SMILES string of the molecule is COc1ccc(NC(=O)c2ccncc2)cc1NC(C)=O. The highest BCUT2D eigenvalue weighted by atomic mass is 16.5. The van der Waals surface area contributed by atoms with Crippen LogP contribution in [-0.2, 0) is 4.79 Å². The van der Waals surface area contributed by atoms with Crippen molar-refractivity contribution in [2.24, 2.45) is 0 Å². The van der Waals surface area contributed by atoms with Crippen molar-refractivity contribution in [1.82, 2.24) is 4.98 Å². The number of ether oxygens (including phenoxy) is 1. The van der Waals surface area contributed by atoms with Crippen LogP contribution in [0.5, 0.6) is 5.75 Å². The molecule has 0 spiro atoms. The lowest BCUT2D eigenvalue weighted by Crippen LogP contribution is -2.13. The molecule has 0 aliphatic rings. The van der Waals surface area contributed by atoms with E-state index in [0.29, 0.717) is 22.7 Å². The third kappa shape index (κ3) is 3.79. The Labute approximate surface area is 122 Å². The Hall–Kier alpha value is -2.89. The molecule has 2 rings (SSSR count). The van der Waals surface area contributed by atoms with Crippen molar-refractivity contribution in [2.45, 2.75) is 6.92 Å². The van der Waals surface area contributed by atoms with Gasteiger partial charge < -0.3 is 15.4 Å². The molecular weight excluding hydrogens is 270 g/mol. The molecule has 1 heterocycles. The molecule has 6 heteroatoms. The van der Waals surface area contributed by atoms with Gasteiger partial charge in [-0.1, -0.05) is 0 Å². The number of aromatic nitrogens is 1. The standard InChI is InChI=1S/C15H15N3O3/c1-10(19)17-13-9-12(3-4-14(13)21-2)18-15(20)11-5-7-16-8-6-11/h3-9H,1-2H3,(H,17,19)(H,18,20). The van der Waals surface area contributed by atoms with Gasteiger partial charge in [0.15, 0.2) is 0 Å². The van der Waals surface area contributed by atoms with Gasteiger partial charge in [-0.2, -0.15) is 0 Å². The summed E-state index contributed by atoms with van der Waals surface area (Å²) in [6.07, 6.45) is 3.09. The highest BCUT2D eigenvalue weighted by Gasteiger charge is 2.09. The van der Waals surface area contributed by atoms with Gasteiger partial charge >= 0.3 is 0 Å². The largest absolute Gasteiger partial charge is 0.495 e. The van der Waals surface area contributed by atoms with Gasteiger partial charge in [-0.25, -0.2) is 0 Å². The number of hydrogen-bond donors (Lipinski definition) is 2. The van der Waals surface area contributed by atoms with Crippen molar-refractivity contribution >= 4 is 23.2 Å². The monoisotopic (exact) mass is 285 g/mol. The number of benzene rings is 1. The quantitative estimate of drug-likeness (QED) is 0.903. The maximum atomic E-state index is 12.0. The number of pyridine rings is 1. The van der Waals surface area contributed by atoms with Crippen LogP contribution in [0.1, 0.15) is 17.3 Å². The number of amides is 2. The number of anilines is 2. The van der Waals surface area contributed by atoms with E-state index in [4.69, 9.17) is 4.74 Å². The van der Waals surface area contributed by atoms with Crippen LogP contribution in [0.3, 0.4) is 0 Å². The molecule has 2 amide bonds. The zero-order chi connectivity index (χ0) is 15.2. The van der Waals surface area contributed by atoms with E-state index in [-0.39, 0.29) is 11.8 Å². The van der Waals surface area contributed by atoms with Gasteiger partial charge in [-0.3, -0.25) is 14.6 Å². The van der Waals surface area contributed by atoms with Crippen LogP contribution < -0.4 is 15.4 Å². The minimum atomic E-state index is -0.253. The smallest absolute Gasteiger partial charge is 0.255 e. The normalized spacial score (nSPS) is 9.81. The minimum absolute atomic E-state index is 0.217. The molecule has 2 N–H and O–H groups in total. The third-order valence-corrected chi connectivity index (χ3v) is 2.71. The van der Waals surface area contributed by atoms with Gasteiger partial charge in [0.05, 0.1) is 12.8 Å². The third-order valence-electron chi connectivity index (χ3n) is 2.71. The molecule has 1 aromatic heterocycles. The van der Waals surface area contributed by atoms with Crippen molar-refractivity contribution in [3.8, 4) is 5.75 Å². The van der Waals surface area contributed by atoms with E-state index >= 15 is 0 Å². The summed E-state index contributed by atoms with van der Waals surface area (Å²) in [6.45, 7) is 1.40. The zero-order valence-electron chi connectivity index (χ0n) is 11.7. The number of nitrogens with zero attached hydrogens (tertiary/aromatic N) is 1. The van der Waals surface area contributed by atoms with Gasteiger partial charge in [0.1, 0.15) is 5.75 Å². The fraction of sp³-hybridized carbons (Fsp3) is 0.133. The molecule has 6 nitrogen and oxygen atoms in total. The van der Waals surface area contributed by atoms with Crippen LogP contribution in [0.2, 0.25) is 0 Å². The Morgan fingerprint density at radius 2 is 1.81 bits per heavy atom. The Morgan fingerprint density at radius 3 is 2.43 bits per heavy atom. The van der Waals surface area contributed by atoms with Crippen LogP contribution >= 0.6 is 0 Å². The maximum absolute atomic E-state index is 12.0. The van der Waals surface area contributed by atoms with Crippen LogP contribution in [0.4, 0.5) is 11.4 Å². The number of nitrogens with one attached hydrogen (secondary N) is 2. The predicted molar refractivity (Wildman–Crippen MR) is 79.5 cm³/mol. The molecular formula is C15H15N3O3. The van der Waals surface area contributed by atoms with Crippen LogP contribution in [0.25, 0.3) is 0 Å². The average molecular weight is 285 g/mol. The topological polar surface area (TPSA) is 80.3 Å². The van der Waals surface area contributed by atoms with Crippen LogP contribution in [0.15, 0.2) is 42.7 Å². The summed E-state index contributed by atoms with van der Waals surface area (Å²) in [4.78, 5) is 27.1. The molecule has 0 radical (unpaired) electrons. The van der Waals surface area contributed by atoms with Crippen molar-refractivity contribution in [3.05, 3.63) is 48.3 Å². The lowest BCUT2D eigenvalue weighted by Gasteiger charge is -2.12. The molecule has 0 fully saturated rings. The van der Waals surface area contributed by atoms with E-state index < -0.39 is 0 Å². The second-order valence-electron chi connectivity index (χ2n) is 4.29. The molecule has 21 heavy (non-hydrogen) atoms. The molecule has 0 saturated heterocycles. The molecule has 2 aromatic rings. The first-order valence-electron chi connectivity index (χ1n) is 6.27. The lowest BCUT2D eigenvalue weighted by atomic mass is 10.2. The van der Waals surface area contributed by atoms with Crippen LogP contribution in [0, 0.1) is 0 Å². The number of carbonyl (C=O) groups excluding carboxylic acids is 2. The van der Waals surface area contributed by atoms with E-state index in [1.54, 1.807) is 42.7 Å². The van der Waals surface area contributed by atoms with Crippen molar-refractivity contribution < 1.29 is 14.3 Å². The van der Waals surface area contributed by atoms with Crippen molar-refractivity contribution in [3.63, 3.8) is 0 Å². The molecule has 0 saturated carbocycles. The van der Waals surface area contributed by atoms with Crippen molar-refractivity contribution in [2.75, 3.05) is 17.7 Å². The minimum Gasteiger partial charge on any atom is -0.495 e. The first kappa shape index (κ1) is 14.5. The first-order chi connectivity index (χ1) is 10.1. The fourth-order valence-corrected chi connectivity index (χ4v) is 1.78. The fourth-order valence-electron chi connectivity index (χ4n) is 1.78. The Morgan fingerprint density at radius 1 is 1.10 bits per heavy atom. The zero-order valence-corrected chi connectivity index (χ0v) is 11.7. The molecule has 0 unspecified atom stereocenters. The second-order valence-corrected chi connectivity index (χ2v) is 4.29. The van der Waals surface area contributed by atoms with E-state index in [2.05, 4.69) is 15.6 Å². The van der Waals surface area contributed by atoms with Gasteiger partial charge in [0.2, 0.25) is 5.91 Å². The lowest BCUT2D eigenvalue weighted by molar-refractivity contribution is -0.114. The molecule has 0 aliphatic heterocycles. The molecule has 1 aromatic carbocycles. The van der Waals surface area contributed by atoms with Gasteiger partial charge in [-0.05, 0) is 30.3 Å². The Kier molecular flexibility index (Phi) is 4.50. The van der Waals surface area contributed by atoms with E-state index in [1.807, 2.05) is 0 Å². The average Bonchev–Trinajstić information content (AvgIpc) is 2.48. The Bertz CT molecular complexity index is 656. The summed E-state index contributed by atoms with van der Waals surface area (Å²) in [6, 6.07) is 8.25. The number of carbonyl (C=O) groups is 2. The second kappa shape index (κ2) is 6.51. The molecule has 0 atom stereocenters. The highest BCUT2D eigenvalue weighted by Crippen LogP contribution is 2.28. The Balaban J connectivity index is 2.20. The van der Waals surface area contributed by atoms with E-state index in [1.165, 1.54) is 14.0 Å². The van der Waals surface area contributed by atoms with Gasteiger partial charge in [-0.15, -0.1) is 0 Å². The molecule has 0 aliphatic carbocycles. The van der Waals surface area contributed by atoms with E-state index in [9.17, 15) is 9.59 Å². The summed E-state index contributed by atoms with van der Waals surface area (Å²) in [5.41, 5.74) is 1.56. The molecule has 108 valence electrons. The van der Waals surface area contributed by atoms with Crippen LogP contribution in [-0.4, -0.2) is 23.9 Å². The highest BCUT2D eigenvalue weighted by molar-refractivity contribution is 6.04. The summed E-state index contributed by atoms with van der Waals surface area (Å²) in [5, 5.41) is 5.40. The summed E-state index contributed by atoms with van der Waals surface area (Å²) < 4.78 is 5.16. The number of methoxy groups -OCH3 is 1. The number of hydrogen-bond acceptors (Lipinski definition) is 4. The van der Waals surface area contributed by atoms with Gasteiger partial charge in [0, 0.05) is 30.6 Å². The van der Waals surface area contributed by atoms with Gasteiger partial charge in [0.25, 0.3) is 5.91 Å². The predicted octanol–water partition coefficient (Wildman–Crippen LogP) is 2.30. The summed E-state index contributed by atoms with van der Waals surface area (Å²) in [5.74, 6) is 0.0503.